The molecular weight excluding hydrogens is 482 g/mol. The highest BCUT2D eigenvalue weighted by Gasteiger charge is 2.41. The topological polar surface area (TPSA) is 31.5 Å². The first-order valence-electron chi connectivity index (χ1n) is 13.1. The van der Waals surface area contributed by atoms with Crippen LogP contribution in [-0.2, 0) is 6.42 Å². The van der Waals surface area contributed by atoms with E-state index in [0.29, 0.717) is 36.2 Å². The molecule has 0 bridgehead atoms. The molecule has 0 amide bonds. The van der Waals surface area contributed by atoms with Crippen molar-refractivity contribution in [3.63, 3.8) is 0 Å². The van der Waals surface area contributed by atoms with E-state index in [1.807, 2.05) is 6.92 Å². The molecule has 1 saturated heterocycles. The summed E-state index contributed by atoms with van der Waals surface area (Å²) in [7, 11) is 0. The van der Waals surface area contributed by atoms with Crippen molar-refractivity contribution in [3.8, 4) is 5.75 Å². The smallest absolute Gasteiger partial charge is 0.135 e. The van der Waals surface area contributed by atoms with Crippen molar-refractivity contribution in [1.82, 2.24) is 14.8 Å². The van der Waals surface area contributed by atoms with Crippen LogP contribution in [0.25, 0.3) is 10.9 Å². The van der Waals surface area contributed by atoms with Crippen molar-refractivity contribution in [1.29, 1.82) is 0 Å². The van der Waals surface area contributed by atoms with E-state index in [1.165, 1.54) is 38.1 Å². The largest absolute Gasteiger partial charge is 0.492 e. The fourth-order valence-electron chi connectivity index (χ4n) is 5.83. The Kier molecular flexibility index (Phi) is 7.00. The Morgan fingerprint density at radius 3 is 2.43 bits per heavy atom. The highest BCUT2D eigenvalue weighted by Crippen LogP contribution is 2.44. The van der Waals surface area contributed by atoms with Gasteiger partial charge in [0.1, 0.15) is 35.5 Å². The van der Waals surface area contributed by atoms with Gasteiger partial charge in [0.25, 0.3) is 0 Å². The maximum absolute atomic E-state index is 15.7. The molecule has 37 heavy (non-hydrogen) atoms. The van der Waals surface area contributed by atoms with Gasteiger partial charge in [-0.05, 0) is 56.9 Å². The Morgan fingerprint density at radius 2 is 1.78 bits per heavy atom. The zero-order chi connectivity index (χ0) is 26.5. The van der Waals surface area contributed by atoms with E-state index in [1.54, 1.807) is 11.0 Å². The molecule has 5 rings (SSSR count). The molecule has 2 aliphatic heterocycles. The van der Waals surface area contributed by atoms with Crippen LogP contribution in [0.1, 0.15) is 57.0 Å². The Labute approximate surface area is 215 Å². The number of rotatable bonds is 8. The third-order valence-electron chi connectivity index (χ3n) is 7.74. The Morgan fingerprint density at radius 1 is 1.08 bits per heavy atom. The number of aromatic amines is 1. The van der Waals surface area contributed by atoms with Crippen LogP contribution in [0.5, 0.6) is 5.75 Å². The number of halogens is 4. The normalized spacial score (nSPS) is 21.3. The SMILES string of the molecule is CCC1CN(CCOc2cc(F)c([C@H]3c4[nH]c5ccc(F)cc5c4C[C@H](C)N3CC(C)(C)F)c(F)c2)C1. The first-order chi connectivity index (χ1) is 17.5. The molecular formula is C29H35F4N3O. The van der Waals surface area contributed by atoms with E-state index in [2.05, 4.69) is 16.8 Å². The van der Waals surface area contributed by atoms with Crippen LogP contribution < -0.4 is 4.74 Å². The molecule has 200 valence electrons. The van der Waals surface area contributed by atoms with Crippen LogP contribution in [-0.4, -0.2) is 59.3 Å². The maximum Gasteiger partial charge on any atom is 0.135 e. The molecule has 0 spiro atoms. The van der Waals surface area contributed by atoms with Gasteiger partial charge in [-0.3, -0.25) is 9.80 Å². The summed E-state index contributed by atoms with van der Waals surface area (Å²) in [6.07, 6.45) is 1.66. The van der Waals surface area contributed by atoms with Crippen LogP contribution >= 0.6 is 0 Å². The molecule has 2 aliphatic rings. The number of aromatic nitrogens is 1. The van der Waals surface area contributed by atoms with Gasteiger partial charge in [-0.1, -0.05) is 13.3 Å². The quantitative estimate of drug-likeness (QED) is 0.352. The van der Waals surface area contributed by atoms with Crippen LogP contribution in [0.3, 0.4) is 0 Å². The Hall–Kier alpha value is -2.58. The standard InChI is InChI=1S/C29H35F4N3O/c1-5-18-14-35(15-18)8-9-37-20-12-23(31)26(24(32)13-20)28-27-22(10-17(2)36(28)16-29(3,4)33)21-11-19(30)6-7-25(21)34-27/h6-7,11-13,17-18,28,34H,5,8-10,14-16H2,1-4H3/t17-,28-/m0/s1. The van der Waals surface area contributed by atoms with Crippen molar-refractivity contribution in [2.45, 2.75) is 58.3 Å². The van der Waals surface area contributed by atoms with Gasteiger partial charge < -0.3 is 9.72 Å². The number of nitrogens with zero attached hydrogens (tertiary/aromatic N) is 2. The summed E-state index contributed by atoms with van der Waals surface area (Å²) in [6, 6.07) is 5.71. The molecule has 2 atom stereocenters. The third-order valence-corrected chi connectivity index (χ3v) is 7.74. The minimum atomic E-state index is -1.59. The lowest BCUT2D eigenvalue weighted by atomic mass is 9.87. The lowest BCUT2D eigenvalue weighted by Gasteiger charge is -2.43. The van der Waals surface area contributed by atoms with Crippen molar-refractivity contribution in [2.75, 3.05) is 32.8 Å². The van der Waals surface area contributed by atoms with Crippen molar-refractivity contribution in [3.05, 3.63) is 64.6 Å². The lowest BCUT2D eigenvalue weighted by molar-refractivity contribution is 0.0641. The summed E-state index contributed by atoms with van der Waals surface area (Å²) in [5.74, 6) is -1.03. The lowest BCUT2D eigenvalue weighted by Crippen LogP contribution is -2.48. The van der Waals surface area contributed by atoms with Gasteiger partial charge in [0, 0.05) is 66.5 Å². The summed E-state index contributed by atoms with van der Waals surface area (Å²) in [6.45, 7) is 10.1. The number of likely N-dealkylation sites (tertiary alicyclic amines) is 1. The van der Waals surface area contributed by atoms with Crippen LogP contribution in [0, 0.1) is 23.4 Å². The predicted molar refractivity (Wildman–Crippen MR) is 137 cm³/mol. The molecule has 0 unspecified atom stereocenters. The third kappa shape index (κ3) is 5.23. The number of hydrogen-bond acceptors (Lipinski definition) is 3. The summed E-state index contributed by atoms with van der Waals surface area (Å²) in [5, 5.41) is 0.683. The second-order valence-electron chi connectivity index (χ2n) is 11.2. The highest BCUT2D eigenvalue weighted by molar-refractivity contribution is 5.85. The number of fused-ring (bicyclic) bond motifs is 3. The summed E-state index contributed by atoms with van der Waals surface area (Å²) >= 11 is 0. The number of ether oxygens (including phenoxy) is 1. The molecule has 0 saturated carbocycles. The highest BCUT2D eigenvalue weighted by atomic mass is 19.1. The van der Waals surface area contributed by atoms with Gasteiger partial charge in [0.05, 0.1) is 6.04 Å². The van der Waals surface area contributed by atoms with Crippen molar-refractivity contribution < 1.29 is 22.3 Å². The number of nitrogens with one attached hydrogen (secondary N) is 1. The molecule has 2 aromatic carbocycles. The van der Waals surface area contributed by atoms with Gasteiger partial charge in [-0.2, -0.15) is 0 Å². The molecule has 0 aliphatic carbocycles. The van der Waals surface area contributed by atoms with Crippen molar-refractivity contribution in [2.24, 2.45) is 5.92 Å². The monoisotopic (exact) mass is 517 g/mol. The zero-order valence-corrected chi connectivity index (χ0v) is 21.9. The second kappa shape index (κ2) is 9.95. The molecule has 1 aromatic heterocycles. The Bertz CT molecular complexity index is 1260. The summed E-state index contributed by atoms with van der Waals surface area (Å²) in [5.41, 5.74) is 0.301. The average molecular weight is 518 g/mol. The zero-order valence-electron chi connectivity index (χ0n) is 21.9. The first-order valence-corrected chi connectivity index (χ1v) is 13.1. The summed E-state index contributed by atoms with van der Waals surface area (Å²) < 4.78 is 66.0. The summed E-state index contributed by atoms with van der Waals surface area (Å²) in [4.78, 5) is 7.32. The fraction of sp³-hybridized carbons (Fsp3) is 0.517. The first kappa shape index (κ1) is 26.0. The van der Waals surface area contributed by atoms with E-state index in [9.17, 15) is 8.78 Å². The van der Waals surface area contributed by atoms with E-state index >= 15 is 8.78 Å². The van der Waals surface area contributed by atoms with Gasteiger partial charge in [0.2, 0.25) is 0 Å². The van der Waals surface area contributed by atoms with E-state index < -0.39 is 23.3 Å². The van der Waals surface area contributed by atoms with Crippen LogP contribution in [0.15, 0.2) is 30.3 Å². The predicted octanol–water partition coefficient (Wildman–Crippen LogP) is 6.39. The molecule has 3 aromatic rings. The van der Waals surface area contributed by atoms with Crippen molar-refractivity contribution >= 4 is 10.9 Å². The van der Waals surface area contributed by atoms with Gasteiger partial charge in [-0.15, -0.1) is 0 Å². The average Bonchev–Trinajstić information content (AvgIpc) is 3.13. The van der Waals surface area contributed by atoms with Gasteiger partial charge in [0.15, 0.2) is 0 Å². The van der Waals surface area contributed by atoms with E-state index in [0.717, 1.165) is 31.0 Å². The number of alkyl halides is 1. The molecule has 1 N–H and O–H groups in total. The maximum atomic E-state index is 15.7. The molecule has 0 radical (unpaired) electrons. The Balaban J connectivity index is 1.48. The van der Waals surface area contributed by atoms with Crippen LogP contribution in [0.4, 0.5) is 17.6 Å². The molecule has 3 heterocycles. The minimum Gasteiger partial charge on any atom is -0.492 e. The fourth-order valence-corrected chi connectivity index (χ4v) is 5.83. The number of hydrogen-bond donors (Lipinski definition) is 1. The molecule has 4 nitrogen and oxygen atoms in total. The van der Waals surface area contributed by atoms with E-state index in [4.69, 9.17) is 4.74 Å². The number of benzene rings is 2. The molecule has 1 fully saturated rings. The van der Waals surface area contributed by atoms with Gasteiger partial charge in [-0.25, -0.2) is 17.6 Å². The van der Waals surface area contributed by atoms with Gasteiger partial charge >= 0.3 is 0 Å². The molecule has 8 heteroatoms. The second-order valence-corrected chi connectivity index (χ2v) is 11.2. The van der Waals surface area contributed by atoms with E-state index in [-0.39, 0.29) is 29.7 Å². The minimum absolute atomic E-state index is 0.0201. The van der Waals surface area contributed by atoms with Crippen LogP contribution in [0.2, 0.25) is 0 Å². The number of H-pyrrole nitrogens is 1.